The van der Waals surface area contributed by atoms with Gasteiger partial charge < -0.3 is 20.8 Å². The van der Waals surface area contributed by atoms with Crippen LogP contribution >= 0.6 is 0 Å². The number of nitrogens with one attached hydrogen (secondary N) is 2. The highest BCUT2D eigenvalue weighted by Crippen LogP contribution is 2.14. The van der Waals surface area contributed by atoms with Gasteiger partial charge in [0.2, 0.25) is 0 Å². The maximum Gasteiger partial charge on any atom is 0.328 e. The summed E-state index contributed by atoms with van der Waals surface area (Å²) in [7, 11) is 1.25. The number of terminal acetylenes is 1. The van der Waals surface area contributed by atoms with E-state index in [9.17, 15) is 9.59 Å². The van der Waals surface area contributed by atoms with Gasteiger partial charge in [-0.25, -0.2) is 9.78 Å². The number of rotatable bonds is 5. The van der Waals surface area contributed by atoms with Crippen molar-refractivity contribution < 1.29 is 14.3 Å². The second-order valence-electron chi connectivity index (χ2n) is 4.78. The number of amides is 1. The average Bonchev–Trinajstić information content (AvgIpc) is 3.06. The molecule has 0 saturated carbocycles. The van der Waals surface area contributed by atoms with Crippen LogP contribution in [0.3, 0.4) is 0 Å². The molecule has 1 atom stereocenters. The zero-order valence-corrected chi connectivity index (χ0v) is 12.5. The number of esters is 1. The number of ether oxygens (including phenoxy) is 1. The summed E-state index contributed by atoms with van der Waals surface area (Å²) >= 11 is 0. The van der Waals surface area contributed by atoms with Crippen molar-refractivity contribution in [3.63, 3.8) is 0 Å². The Morgan fingerprint density at radius 1 is 1.52 bits per heavy atom. The summed E-state index contributed by atoms with van der Waals surface area (Å²) in [5.74, 6) is 1.39. The number of aromatic amines is 1. The van der Waals surface area contributed by atoms with E-state index in [0.717, 1.165) is 0 Å². The SMILES string of the molecule is C#Cc1ccc(C(=O)N[C@H](Cc2cnc[nH]2)C(=O)OC)c(N)c1. The third-order valence-corrected chi connectivity index (χ3v) is 3.23. The summed E-state index contributed by atoms with van der Waals surface area (Å²) in [6.07, 6.45) is 8.56. The Hall–Kier alpha value is -3.27. The minimum absolute atomic E-state index is 0.223. The highest BCUT2D eigenvalue weighted by atomic mass is 16.5. The molecule has 0 aliphatic carbocycles. The Morgan fingerprint density at radius 2 is 2.30 bits per heavy atom. The fraction of sp³-hybridized carbons (Fsp3) is 0.188. The predicted molar refractivity (Wildman–Crippen MR) is 84.4 cm³/mol. The molecule has 1 aromatic heterocycles. The van der Waals surface area contributed by atoms with Gasteiger partial charge in [0.1, 0.15) is 6.04 Å². The van der Waals surface area contributed by atoms with Gasteiger partial charge in [0.25, 0.3) is 5.91 Å². The zero-order chi connectivity index (χ0) is 16.8. The van der Waals surface area contributed by atoms with Crippen molar-refractivity contribution in [2.24, 2.45) is 0 Å². The van der Waals surface area contributed by atoms with E-state index in [1.807, 2.05) is 0 Å². The molecule has 1 aromatic carbocycles. The number of imidazole rings is 1. The van der Waals surface area contributed by atoms with E-state index in [0.29, 0.717) is 11.3 Å². The molecule has 0 unspecified atom stereocenters. The lowest BCUT2D eigenvalue weighted by Gasteiger charge is -2.16. The number of methoxy groups -OCH3 is 1. The van der Waals surface area contributed by atoms with Crippen LogP contribution in [0.1, 0.15) is 21.6 Å². The molecule has 2 aromatic rings. The summed E-state index contributed by atoms with van der Waals surface area (Å²) in [5.41, 5.74) is 7.57. The Kier molecular flexibility index (Phi) is 5.00. The van der Waals surface area contributed by atoms with Gasteiger partial charge >= 0.3 is 5.97 Å². The molecule has 0 aliphatic heterocycles. The molecule has 4 N–H and O–H groups in total. The van der Waals surface area contributed by atoms with Crippen LogP contribution in [0.5, 0.6) is 0 Å². The van der Waals surface area contributed by atoms with E-state index in [-0.39, 0.29) is 17.7 Å². The van der Waals surface area contributed by atoms with Gasteiger partial charge in [0.15, 0.2) is 0 Å². The van der Waals surface area contributed by atoms with Crippen LogP contribution < -0.4 is 11.1 Å². The lowest BCUT2D eigenvalue weighted by Crippen LogP contribution is -2.43. The maximum atomic E-state index is 12.3. The standard InChI is InChI=1S/C16H16N4O3/c1-3-10-4-5-12(13(17)6-10)15(21)20-14(16(22)23-2)7-11-8-18-9-19-11/h1,4-6,8-9,14H,7,17H2,2H3,(H,18,19)(H,20,21)/t14-/m1/s1. The van der Waals surface area contributed by atoms with Crippen molar-refractivity contribution in [2.75, 3.05) is 12.8 Å². The van der Waals surface area contributed by atoms with E-state index >= 15 is 0 Å². The van der Waals surface area contributed by atoms with Crippen LogP contribution in [-0.4, -0.2) is 35.0 Å². The van der Waals surface area contributed by atoms with Crippen molar-refractivity contribution in [3.8, 4) is 12.3 Å². The first kappa shape index (κ1) is 16.1. The number of aromatic nitrogens is 2. The topological polar surface area (TPSA) is 110 Å². The first-order valence-electron chi connectivity index (χ1n) is 6.77. The molecule has 0 aliphatic rings. The fourth-order valence-electron chi connectivity index (χ4n) is 2.05. The largest absolute Gasteiger partial charge is 0.467 e. The Morgan fingerprint density at radius 3 is 2.87 bits per heavy atom. The van der Waals surface area contributed by atoms with Crippen molar-refractivity contribution >= 4 is 17.6 Å². The summed E-state index contributed by atoms with van der Waals surface area (Å²) in [6, 6.07) is 3.79. The summed E-state index contributed by atoms with van der Waals surface area (Å²) < 4.78 is 4.72. The molecule has 1 heterocycles. The smallest absolute Gasteiger partial charge is 0.328 e. The van der Waals surface area contributed by atoms with E-state index in [1.165, 1.54) is 25.6 Å². The van der Waals surface area contributed by atoms with E-state index in [2.05, 4.69) is 21.2 Å². The molecule has 7 nitrogen and oxygen atoms in total. The van der Waals surface area contributed by atoms with Crippen LogP contribution in [0.15, 0.2) is 30.7 Å². The molecule has 1 amide bonds. The zero-order valence-electron chi connectivity index (χ0n) is 12.5. The first-order chi connectivity index (χ1) is 11.0. The lowest BCUT2D eigenvalue weighted by molar-refractivity contribution is -0.142. The lowest BCUT2D eigenvalue weighted by atomic mass is 10.1. The van der Waals surface area contributed by atoms with E-state index in [1.54, 1.807) is 12.3 Å². The van der Waals surface area contributed by atoms with Gasteiger partial charge in [-0.3, -0.25) is 4.79 Å². The summed E-state index contributed by atoms with van der Waals surface area (Å²) in [6.45, 7) is 0. The molecule has 0 radical (unpaired) electrons. The molecule has 0 fully saturated rings. The van der Waals surface area contributed by atoms with Crippen molar-refractivity contribution in [2.45, 2.75) is 12.5 Å². The van der Waals surface area contributed by atoms with Crippen molar-refractivity contribution in [3.05, 3.63) is 47.5 Å². The Labute approximate surface area is 133 Å². The molecular weight excluding hydrogens is 296 g/mol. The number of carbonyl (C=O) groups is 2. The molecule has 7 heteroatoms. The third-order valence-electron chi connectivity index (χ3n) is 3.23. The number of hydrogen-bond donors (Lipinski definition) is 3. The van der Waals surface area contributed by atoms with Gasteiger partial charge in [-0.2, -0.15) is 0 Å². The normalized spacial score (nSPS) is 11.3. The summed E-state index contributed by atoms with van der Waals surface area (Å²) in [5, 5.41) is 2.61. The fourth-order valence-corrected chi connectivity index (χ4v) is 2.05. The average molecular weight is 312 g/mol. The number of anilines is 1. The number of nitrogen functional groups attached to an aromatic ring is 1. The highest BCUT2D eigenvalue weighted by Gasteiger charge is 2.24. The van der Waals surface area contributed by atoms with Crippen LogP contribution in [0.25, 0.3) is 0 Å². The number of H-pyrrole nitrogens is 1. The molecule has 0 spiro atoms. The van der Waals surface area contributed by atoms with Gasteiger partial charge in [-0.1, -0.05) is 5.92 Å². The van der Waals surface area contributed by atoms with Crippen LogP contribution in [0.4, 0.5) is 5.69 Å². The van der Waals surface area contributed by atoms with E-state index < -0.39 is 17.9 Å². The number of benzene rings is 1. The minimum atomic E-state index is -0.861. The predicted octanol–water partition coefficient (Wildman–Crippen LogP) is 0.487. The van der Waals surface area contributed by atoms with Crippen molar-refractivity contribution in [1.82, 2.24) is 15.3 Å². The van der Waals surface area contributed by atoms with Crippen LogP contribution in [0.2, 0.25) is 0 Å². The number of carbonyl (C=O) groups excluding carboxylic acids is 2. The van der Waals surface area contributed by atoms with E-state index in [4.69, 9.17) is 16.9 Å². The minimum Gasteiger partial charge on any atom is -0.467 e. The van der Waals surface area contributed by atoms with Gasteiger partial charge in [-0.05, 0) is 18.2 Å². The second kappa shape index (κ2) is 7.13. The first-order valence-corrected chi connectivity index (χ1v) is 6.77. The highest BCUT2D eigenvalue weighted by molar-refractivity contribution is 6.01. The number of hydrogen-bond acceptors (Lipinski definition) is 5. The molecule has 118 valence electrons. The Balaban J connectivity index is 2.17. The van der Waals surface area contributed by atoms with Crippen molar-refractivity contribution in [1.29, 1.82) is 0 Å². The monoisotopic (exact) mass is 312 g/mol. The third kappa shape index (κ3) is 3.89. The second-order valence-corrected chi connectivity index (χ2v) is 4.78. The molecule has 0 bridgehead atoms. The molecule has 0 saturated heterocycles. The van der Waals surface area contributed by atoms with Gasteiger partial charge in [-0.15, -0.1) is 6.42 Å². The maximum absolute atomic E-state index is 12.3. The molecule has 2 rings (SSSR count). The summed E-state index contributed by atoms with van der Waals surface area (Å²) in [4.78, 5) is 31.0. The number of nitrogens with two attached hydrogens (primary N) is 1. The van der Waals surface area contributed by atoms with Crippen LogP contribution in [0, 0.1) is 12.3 Å². The number of nitrogens with zero attached hydrogens (tertiary/aromatic N) is 1. The molecular formula is C16H16N4O3. The Bertz CT molecular complexity index is 747. The quantitative estimate of drug-likeness (QED) is 0.423. The van der Waals surface area contributed by atoms with Gasteiger partial charge in [0, 0.05) is 29.6 Å². The molecule has 23 heavy (non-hydrogen) atoms. The van der Waals surface area contributed by atoms with Gasteiger partial charge in [0.05, 0.1) is 19.0 Å². The van der Waals surface area contributed by atoms with Crippen LogP contribution in [-0.2, 0) is 16.0 Å².